The molecule has 0 saturated carbocycles. The van der Waals surface area contributed by atoms with E-state index in [1.807, 2.05) is 41.3 Å². The largest absolute Gasteiger partial charge is 0.295 e. The second kappa shape index (κ2) is 10.8. The quantitative estimate of drug-likeness (QED) is 0.376. The van der Waals surface area contributed by atoms with E-state index in [2.05, 4.69) is 36.7 Å². The highest BCUT2D eigenvalue weighted by atomic mass is 16.2. The summed E-state index contributed by atoms with van der Waals surface area (Å²) in [5.74, 6) is 0.936. The predicted octanol–water partition coefficient (Wildman–Crippen LogP) is 5.99. The Labute approximate surface area is 174 Å². The van der Waals surface area contributed by atoms with Crippen molar-refractivity contribution in [2.75, 3.05) is 11.4 Å². The standard InChI is InChI=1S/C25H33N3O/c1-3-5-12-18-27(24(29)20-21-14-8-7-9-15-21)25-22-16-10-11-17-23(22)28(26-25)19-13-6-4-2/h7-11,14-17H,3-6,12-13,18-20H2,1-2H3. The number of fused-ring (bicyclic) bond motifs is 1. The van der Waals surface area contributed by atoms with Gasteiger partial charge >= 0.3 is 0 Å². The van der Waals surface area contributed by atoms with Crippen molar-refractivity contribution in [3.8, 4) is 0 Å². The van der Waals surface area contributed by atoms with E-state index in [-0.39, 0.29) is 5.91 Å². The molecule has 0 aliphatic carbocycles. The van der Waals surface area contributed by atoms with Crippen molar-refractivity contribution in [1.29, 1.82) is 0 Å². The van der Waals surface area contributed by atoms with Crippen LogP contribution in [0.3, 0.4) is 0 Å². The Morgan fingerprint density at radius 1 is 0.897 bits per heavy atom. The molecule has 0 unspecified atom stereocenters. The molecule has 1 aromatic heterocycles. The van der Waals surface area contributed by atoms with Crippen LogP contribution in [0.15, 0.2) is 54.6 Å². The van der Waals surface area contributed by atoms with Gasteiger partial charge in [-0.05, 0) is 30.5 Å². The van der Waals surface area contributed by atoms with E-state index >= 15 is 0 Å². The fourth-order valence-corrected chi connectivity index (χ4v) is 3.73. The molecule has 1 heterocycles. The number of carbonyl (C=O) groups excluding carboxylic acids is 1. The molecule has 0 radical (unpaired) electrons. The summed E-state index contributed by atoms with van der Waals surface area (Å²) in [6, 6.07) is 18.3. The highest BCUT2D eigenvalue weighted by molar-refractivity contribution is 6.02. The molecule has 0 N–H and O–H groups in total. The zero-order valence-corrected chi connectivity index (χ0v) is 17.8. The van der Waals surface area contributed by atoms with Crippen molar-refractivity contribution in [1.82, 2.24) is 9.78 Å². The molecule has 0 saturated heterocycles. The van der Waals surface area contributed by atoms with Crippen LogP contribution in [-0.2, 0) is 17.8 Å². The van der Waals surface area contributed by atoms with Crippen LogP contribution >= 0.6 is 0 Å². The van der Waals surface area contributed by atoms with Gasteiger partial charge in [-0.25, -0.2) is 0 Å². The number of amides is 1. The molecule has 2 aromatic carbocycles. The molecule has 3 aromatic rings. The molecule has 0 fully saturated rings. The third-order valence-corrected chi connectivity index (χ3v) is 5.35. The van der Waals surface area contributed by atoms with Gasteiger partial charge in [0.05, 0.1) is 11.9 Å². The zero-order valence-electron chi connectivity index (χ0n) is 17.8. The van der Waals surface area contributed by atoms with E-state index in [1.165, 1.54) is 12.8 Å². The average Bonchev–Trinajstić information content (AvgIpc) is 3.11. The van der Waals surface area contributed by atoms with E-state index in [4.69, 9.17) is 5.10 Å². The van der Waals surface area contributed by atoms with Crippen LogP contribution in [0.25, 0.3) is 10.9 Å². The molecule has 154 valence electrons. The third kappa shape index (κ3) is 5.47. The molecule has 1 amide bonds. The lowest BCUT2D eigenvalue weighted by Crippen LogP contribution is -2.34. The molecule has 29 heavy (non-hydrogen) atoms. The highest BCUT2D eigenvalue weighted by Gasteiger charge is 2.22. The lowest BCUT2D eigenvalue weighted by atomic mass is 10.1. The molecule has 0 atom stereocenters. The van der Waals surface area contributed by atoms with Gasteiger partial charge in [0.2, 0.25) is 5.91 Å². The number of hydrogen-bond donors (Lipinski definition) is 0. The summed E-state index contributed by atoms with van der Waals surface area (Å²) in [5.41, 5.74) is 2.16. The number of carbonyl (C=O) groups is 1. The van der Waals surface area contributed by atoms with E-state index < -0.39 is 0 Å². The normalized spacial score (nSPS) is 11.1. The Morgan fingerprint density at radius 3 is 2.34 bits per heavy atom. The van der Waals surface area contributed by atoms with Gasteiger partial charge in [-0.15, -0.1) is 0 Å². The Hall–Kier alpha value is -2.62. The lowest BCUT2D eigenvalue weighted by molar-refractivity contribution is -0.118. The highest BCUT2D eigenvalue weighted by Crippen LogP contribution is 2.27. The SMILES string of the molecule is CCCCCN(C(=O)Cc1ccccc1)c1nn(CCCCC)c2ccccc12. The van der Waals surface area contributed by atoms with Gasteiger partial charge in [0, 0.05) is 18.5 Å². The van der Waals surface area contributed by atoms with Crippen molar-refractivity contribution < 1.29 is 4.79 Å². The summed E-state index contributed by atoms with van der Waals surface area (Å²) < 4.78 is 2.09. The third-order valence-electron chi connectivity index (χ3n) is 5.35. The van der Waals surface area contributed by atoms with Gasteiger partial charge in [-0.1, -0.05) is 82.0 Å². The van der Waals surface area contributed by atoms with Crippen LogP contribution in [0.5, 0.6) is 0 Å². The van der Waals surface area contributed by atoms with Crippen LogP contribution in [0.2, 0.25) is 0 Å². The Balaban J connectivity index is 1.91. The van der Waals surface area contributed by atoms with E-state index in [0.29, 0.717) is 6.42 Å². The summed E-state index contributed by atoms with van der Waals surface area (Å²) in [7, 11) is 0. The number of nitrogens with zero attached hydrogens (tertiary/aromatic N) is 3. The predicted molar refractivity (Wildman–Crippen MR) is 121 cm³/mol. The van der Waals surface area contributed by atoms with Gasteiger partial charge < -0.3 is 0 Å². The van der Waals surface area contributed by atoms with Crippen molar-refractivity contribution in [2.24, 2.45) is 0 Å². The van der Waals surface area contributed by atoms with Gasteiger partial charge in [0.15, 0.2) is 5.82 Å². The molecule has 0 bridgehead atoms. The van der Waals surface area contributed by atoms with Gasteiger partial charge in [-0.3, -0.25) is 14.4 Å². The molecule has 0 spiro atoms. The van der Waals surface area contributed by atoms with Crippen LogP contribution in [0, 0.1) is 0 Å². The second-order valence-electron chi connectivity index (χ2n) is 7.69. The monoisotopic (exact) mass is 391 g/mol. The smallest absolute Gasteiger partial charge is 0.232 e. The average molecular weight is 392 g/mol. The molecule has 0 aliphatic rings. The van der Waals surface area contributed by atoms with Crippen molar-refractivity contribution in [2.45, 2.75) is 65.3 Å². The number of benzene rings is 2. The summed E-state index contributed by atoms with van der Waals surface area (Å²) in [6.45, 7) is 6.01. The van der Waals surface area contributed by atoms with Crippen molar-refractivity contribution >= 4 is 22.6 Å². The fraction of sp³-hybridized carbons (Fsp3) is 0.440. The number of hydrogen-bond acceptors (Lipinski definition) is 2. The topological polar surface area (TPSA) is 38.1 Å². The Bertz CT molecular complexity index is 901. The lowest BCUT2D eigenvalue weighted by Gasteiger charge is -2.21. The first-order valence-electron chi connectivity index (χ1n) is 11.0. The number of aromatic nitrogens is 2. The Kier molecular flexibility index (Phi) is 7.85. The number of rotatable bonds is 11. The maximum absolute atomic E-state index is 13.3. The molecule has 0 aliphatic heterocycles. The van der Waals surface area contributed by atoms with Crippen molar-refractivity contribution in [3.63, 3.8) is 0 Å². The minimum absolute atomic E-state index is 0.122. The summed E-state index contributed by atoms with van der Waals surface area (Å²) in [6.07, 6.45) is 7.13. The first-order valence-corrected chi connectivity index (χ1v) is 11.0. The maximum Gasteiger partial charge on any atom is 0.232 e. The van der Waals surface area contributed by atoms with E-state index in [1.54, 1.807) is 0 Å². The molecular weight excluding hydrogens is 358 g/mol. The minimum Gasteiger partial charge on any atom is -0.295 e. The summed E-state index contributed by atoms with van der Waals surface area (Å²) >= 11 is 0. The van der Waals surface area contributed by atoms with Gasteiger partial charge in [-0.2, -0.15) is 5.10 Å². The summed E-state index contributed by atoms with van der Waals surface area (Å²) in [4.78, 5) is 15.2. The molecule has 4 nitrogen and oxygen atoms in total. The first-order chi connectivity index (χ1) is 14.2. The van der Waals surface area contributed by atoms with Crippen molar-refractivity contribution in [3.05, 3.63) is 60.2 Å². The number of anilines is 1. The van der Waals surface area contributed by atoms with Gasteiger partial charge in [0.1, 0.15) is 0 Å². The summed E-state index contributed by atoms with van der Waals surface area (Å²) in [5, 5.41) is 6.00. The number of unbranched alkanes of at least 4 members (excludes halogenated alkanes) is 4. The molecule has 4 heteroatoms. The Morgan fingerprint density at radius 2 is 1.59 bits per heavy atom. The number of aryl methyl sites for hydroxylation is 1. The van der Waals surface area contributed by atoms with Crippen LogP contribution in [0.1, 0.15) is 57.9 Å². The van der Waals surface area contributed by atoms with Crippen LogP contribution < -0.4 is 4.90 Å². The van der Waals surface area contributed by atoms with E-state index in [9.17, 15) is 4.79 Å². The van der Waals surface area contributed by atoms with Gasteiger partial charge in [0.25, 0.3) is 0 Å². The minimum atomic E-state index is 0.122. The zero-order chi connectivity index (χ0) is 20.5. The molecular formula is C25H33N3O. The van der Waals surface area contributed by atoms with Crippen LogP contribution in [-0.4, -0.2) is 22.2 Å². The van der Waals surface area contributed by atoms with Crippen LogP contribution in [0.4, 0.5) is 5.82 Å². The second-order valence-corrected chi connectivity index (χ2v) is 7.69. The molecule has 3 rings (SSSR count). The van der Waals surface area contributed by atoms with E-state index in [0.717, 1.165) is 61.1 Å². The maximum atomic E-state index is 13.3. The number of para-hydroxylation sites is 1. The first kappa shape index (κ1) is 21.1. The fourth-order valence-electron chi connectivity index (χ4n) is 3.73.